The zero-order valence-electron chi connectivity index (χ0n) is 14.4. The first-order chi connectivity index (χ1) is 11.4. The maximum Gasteiger partial charge on any atom is 0.241 e. The number of nitrogens with one attached hydrogen (secondary N) is 3. The SMILES string of the molecule is CC(C)(C)c1cnc(CS/C(S)=C/NNC(=O)C2CCNCC2)o1. The number of piperidine rings is 1. The second-order valence-electron chi connectivity index (χ2n) is 6.80. The third-order valence-corrected chi connectivity index (χ3v) is 5.06. The van der Waals surface area contributed by atoms with Gasteiger partial charge in [0.1, 0.15) is 5.76 Å². The van der Waals surface area contributed by atoms with E-state index in [1.165, 1.54) is 11.8 Å². The largest absolute Gasteiger partial charge is 0.444 e. The number of thiol groups is 1. The van der Waals surface area contributed by atoms with Crippen LogP contribution in [0.15, 0.2) is 21.1 Å². The van der Waals surface area contributed by atoms with E-state index in [1.807, 2.05) is 0 Å². The molecule has 2 rings (SSSR count). The van der Waals surface area contributed by atoms with Gasteiger partial charge in [0.15, 0.2) is 0 Å². The van der Waals surface area contributed by atoms with Crippen LogP contribution in [0.4, 0.5) is 0 Å². The van der Waals surface area contributed by atoms with Crippen molar-refractivity contribution >= 4 is 30.3 Å². The molecule has 0 saturated carbocycles. The first-order valence-corrected chi connectivity index (χ1v) is 9.53. The predicted octanol–water partition coefficient (Wildman–Crippen LogP) is 2.55. The number of hydrogen-bond donors (Lipinski definition) is 4. The van der Waals surface area contributed by atoms with Gasteiger partial charge in [0, 0.05) is 17.5 Å². The Kier molecular flexibility index (Phi) is 7.06. The van der Waals surface area contributed by atoms with Crippen LogP contribution >= 0.6 is 24.4 Å². The van der Waals surface area contributed by atoms with Crippen molar-refractivity contribution < 1.29 is 9.21 Å². The zero-order valence-corrected chi connectivity index (χ0v) is 16.1. The minimum atomic E-state index is -0.0456. The van der Waals surface area contributed by atoms with E-state index in [0.717, 1.165) is 35.9 Å². The highest BCUT2D eigenvalue weighted by molar-refractivity contribution is 8.15. The molecule has 6 nitrogen and oxygen atoms in total. The zero-order chi connectivity index (χ0) is 17.6. The second kappa shape index (κ2) is 8.82. The molecular formula is C16H26N4O2S2. The summed E-state index contributed by atoms with van der Waals surface area (Å²) in [4.78, 5) is 16.2. The van der Waals surface area contributed by atoms with Gasteiger partial charge >= 0.3 is 0 Å². The lowest BCUT2D eigenvalue weighted by Crippen LogP contribution is -2.42. The van der Waals surface area contributed by atoms with Crippen LogP contribution in [0.2, 0.25) is 0 Å². The third kappa shape index (κ3) is 6.07. The molecule has 134 valence electrons. The summed E-state index contributed by atoms with van der Waals surface area (Å²) >= 11 is 5.87. The Balaban J connectivity index is 1.71. The van der Waals surface area contributed by atoms with Gasteiger partial charge in [-0.15, -0.1) is 24.4 Å². The summed E-state index contributed by atoms with van der Waals surface area (Å²) in [5, 5.41) is 3.24. The van der Waals surface area contributed by atoms with Crippen molar-refractivity contribution in [1.29, 1.82) is 0 Å². The summed E-state index contributed by atoms with van der Waals surface area (Å²) in [6, 6.07) is 0. The van der Waals surface area contributed by atoms with Gasteiger partial charge in [-0.1, -0.05) is 20.8 Å². The Hall–Kier alpha value is -1.12. The molecule has 0 aromatic carbocycles. The summed E-state index contributed by atoms with van der Waals surface area (Å²) in [6.07, 6.45) is 5.19. The van der Waals surface area contributed by atoms with E-state index in [9.17, 15) is 4.79 Å². The van der Waals surface area contributed by atoms with Crippen LogP contribution in [-0.2, 0) is 16.0 Å². The first kappa shape index (κ1) is 19.2. The maximum absolute atomic E-state index is 12.0. The fraction of sp³-hybridized carbons (Fsp3) is 0.625. The Labute approximate surface area is 153 Å². The minimum Gasteiger partial charge on any atom is -0.444 e. The Bertz CT molecular complexity index is 575. The second-order valence-corrected chi connectivity index (χ2v) is 8.60. The predicted molar refractivity (Wildman–Crippen MR) is 100 cm³/mol. The van der Waals surface area contributed by atoms with Gasteiger partial charge in [-0.3, -0.25) is 10.2 Å². The molecule has 0 spiro atoms. The molecule has 8 heteroatoms. The smallest absolute Gasteiger partial charge is 0.241 e. The molecule has 3 N–H and O–H groups in total. The molecule has 1 aliphatic heterocycles. The quantitative estimate of drug-likeness (QED) is 0.455. The van der Waals surface area contributed by atoms with E-state index < -0.39 is 0 Å². The number of amides is 1. The fourth-order valence-electron chi connectivity index (χ4n) is 2.26. The van der Waals surface area contributed by atoms with E-state index in [0.29, 0.717) is 11.6 Å². The summed E-state index contributed by atoms with van der Waals surface area (Å²) < 4.78 is 6.48. The standard InChI is InChI=1S/C16H26N4O2S2/c1-16(2,3)12-8-18-13(22-12)10-24-14(23)9-19-20-15(21)11-4-6-17-7-5-11/h8-9,11,17,19,23H,4-7,10H2,1-3H3,(H,20,21)/b14-9+. The van der Waals surface area contributed by atoms with Crippen molar-refractivity contribution in [1.82, 2.24) is 21.2 Å². The van der Waals surface area contributed by atoms with Crippen molar-refractivity contribution in [2.24, 2.45) is 5.92 Å². The summed E-state index contributed by atoms with van der Waals surface area (Å²) in [5.74, 6) is 2.24. The topological polar surface area (TPSA) is 79.2 Å². The molecule has 1 saturated heterocycles. The van der Waals surface area contributed by atoms with Crippen LogP contribution in [0.3, 0.4) is 0 Å². The van der Waals surface area contributed by atoms with Gasteiger partial charge in [-0.05, 0) is 25.9 Å². The highest BCUT2D eigenvalue weighted by Gasteiger charge is 2.20. The normalized spacial score (nSPS) is 16.9. The molecule has 0 atom stereocenters. The fourth-order valence-corrected chi connectivity index (χ4v) is 3.06. The molecule has 1 fully saturated rings. The van der Waals surface area contributed by atoms with Gasteiger partial charge in [0.2, 0.25) is 11.8 Å². The monoisotopic (exact) mass is 370 g/mol. The lowest BCUT2D eigenvalue weighted by molar-refractivity contribution is -0.126. The van der Waals surface area contributed by atoms with Gasteiger partial charge in [-0.2, -0.15) is 0 Å². The van der Waals surface area contributed by atoms with Crippen LogP contribution in [0.25, 0.3) is 0 Å². The first-order valence-electron chi connectivity index (χ1n) is 8.09. The van der Waals surface area contributed by atoms with E-state index in [4.69, 9.17) is 4.42 Å². The van der Waals surface area contributed by atoms with Crippen molar-refractivity contribution in [3.8, 4) is 0 Å². The number of rotatable bonds is 6. The molecule has 1 amide bonds. The maximum atomic E-state index is 12.0. The number of carbonyl (C=O) groups is 1. The number of thioether (sulfide) groups is 1. The summed E-state index contributed by atoms with van der Waals surface area (Å²) in [5.41, 5.74) is 5.48. The van der Waals surface area contributed by atoms with Crippen molar-refractivity contribution in [3.05, 3.63) is 28.3 Å². The third-order valence-electron chi connectivity index (χ3n) is 3.74. The highest BCUT2D eigenvalue weighted by atomic mass is 32.2. The molecule has 2 heterocycles. The van der Waals surface area contributed by atoms with Crippen LogP contribution in [0, 0.1) is 5.92 Å². The van der Waals surface area contributed by atoms with Gasteiger partial charge in [-0.25, -0.2) is 4.98 Å². The van der Waals surface area contributed by atoms with Crippen molar-refractivity contribution in [2.45, 2.75) is 44.8 Å². The molecule has 24 heavy (non-hydrogen) atoms. The van der Waals surface area contributed by atoms with Crippen LogP contribution in [0.5, 0.6) is 0 Å². The molecule has 0 radical (unpaired) electrons. The minimum absolute atomic E-state index is 0.0291. The molecular weight excluding hydrogens is 344 g/mol. The van der Waals surface area contributed by atoms with E-state index in [-0.39, 0.29) is 17.2 Å². The van der Waals surface area contributed by atoms with E-state index in [1.54, 1.807) is 12.4 Å². The van der Waals surface area contributed by atoms with E-state index >= 15 is 0 Å². The number of oxazole rings is 1. The number of hydrogen-bond acceptors (Lipinski definition) is 7. The highest BCUT2D eigenvalue weighted by Crippen LogP contribution is 2.27. The molecule has 1 aromatic heterocycles. The molecule has 0 bridgehead atoms. The summed E-state index contributed by atoms with van der Waals surface area (Å²) in [6.45, 7) is 8.05. The van der Waals surface area contributed by atoms with Gasteiger partial charge in [0.05, 0.1) is 16.2 Å². The van der Waals surface area contributed by atoms with Crippen molar-refractivity contribution in [3.63, 3.8) is 0 Å². The number of hydrazine groups is 1. The lowest BCUT2D eigenvalue weighted by Gasteiger charge is -2.21. The number of nitrogens with zero attached hydrogens (tertiary/aromatic N) is 1. The molecule has 1 aromatic rings. The number of aromatic nitrogens is 1. The molecule has 0 aliphatic carbocycles. The average molecular weight is 371 g/mol. The summed E-state index contributed by atoms with van der Waals surface area (Å²) in [7, 11) is 0. The molecule has 1 aliphatic rings. The number of carbonyl (C=O) groups excluding carboxylic acids is 1. The Morgan fingerprint density at radius 1 is 1.50 bits per heavy atom. The van der Waals surface area contributed by atoms with Gasteiger partial charge in [0.25, 0.3) is 0 Å². The average Bonchev–Trinajstić information content (AvgIpc) is 3.03. The van der Waals surface area contributed by atoms with Gasteiger partial charge < -0.3 is 15.2 Å². The van der Waals surface area contributed by atoms with Crippen LogP contribution in [-0.4, -0.2) is 24.0 Å². The van der Waals surface area contributed by atoms with E-state index in [2.05, 4.69) is 54.6 Å². The Morgan fingerprint density at radius 3 is 2.83 bits per heavy atom. The van der Waals surface area contributed by atoms with Crippen LogP contribution < -0.4 is 16.2 Å². The van der Waals surface area contributed by atoms with Crippen molar-refractivity contribution in [2.75, 3.05) is 13.1 Å². The van der Waals surface area contributed by atoms with Crippen LogP contribution in [0.1, 0.15) is 45.3 Å². The molecule has 0 unspecified atom stereocenters. The lowest BCUT2D eigenvalue weighted by atomic mass is 9.94. The Morgan fingerprint density at radius 2 is 2.21 bits per heavy atom.